The van der Waals surface area contributed by atoms with Crippen LogP contribution in [0.5, 0.6) is 0 Å². The van der Waals surface area contributed by atoms with Crippen LogP contribution in [-0.2, 0) is 45.9 Å². The fourth-order valence-electron chi connectivity index (χ4n) is 5.14. The third-order valence-electron chi connectivity index (χ3n) is 6.87. The van der Waals surface area contributed by atoms with Crippen LogP contribution in [0, 0.1) is 0 Å². The van der Waals surface area contributed by atoms with E-state index in [9.17, 15) is 0 Å². The molecule has 2 aromatic rings. The summed E-state index contributed by atoms with van der Waals surface area (Å²) in [5.74, 6) is -1.26. The molecule has 0 aromatic heterocycles. The second kappa shape index (κ2) is 12.4. The zero-order valence-corrected chi connectivity index (χ0v) is 23.6. The van der Waals surface area contributed by atoms with Crippen LogP contribution in [0.2, 0.25) is 0 Å². The largest absolute Gasteiger partial charge is 0.367 e. The molecule has 0 amide bonds. The molecule has 3 saturated heterocycles. The molecule has 8 nitrogen and oxygen atoms in total. The van der Waals surface area contributed by atoms with Crippen molar-refractivity contribution in [3.05, 3.63) is 71.8 Å². The molecule has 0 saturated carbocycles. The van der Waals surface area contributed by atoms with Crippen molar-refractivity contribution in [2.75, 3.05) is 13.2 Å². The first-order valence-electron chi connectivity index (χ1n) is 13.5. The lowest BCUT2D eigenvalue weighted by Gasteiger charge is -2.27. The van der Waals surface area contributed by atoms with E-state index in [-0.39, 0.29) is 30.5 Å². The number of hydrogen-bond donors (Lipinski definition) is 1. The van der Waals surface area contributed by atoms with Gasteiger partial charge < -0.3 is 32.7 Å². The van der Waals surface area contributed by atoms with E-state index < -0.39 is 20.1 Å². The Hall–Kier alpha value is -1.45. The van der Waals surface area contributed by atoms with E-state index in [4.69, 9.17) is 32.7 Å². The molecule has 0 aliphatic carbocycles. The summed E-state index contributed by atoms with van der Waals surface area (Å²) in [6.45, 7) is 9.97. The molecule has 3 aliphatic rings. The Morgan fingerprint density at radius 1 is 0.789 bits per heavy atom. The van der Waals surface area contributed by atoms with Gasteiger partial charge in [0.05, 0.1) is 25.9 Å². The van der Waals surface area contributed by atoms with E-state index in [1.54, 1.807) is 0 Å². The number of benzene rings is 2. The van der Waals surface area contributed by atoms with E-state index in [0.717, 1.165) is 30.5 Å². The summed E-state index contributed by atoms with van der Waals surface area (Å²) in [5, 5.41) is 3.49. The third-order valence-corrected chi connectivity index (χ3v) is 8.08. The Kier molecular flexibility index (Phi) is 9.15. The average molecular weight is 546 g/mol. The zero-order chi connectivity index (χ0) is 26.6. The highest BCUT2D eigenvalue weighted by Crippen LogP contribution is 2.43. The number of nitrogens with one attached hydrogen (secondary N) is 1. The molecule has 3 heterocycles. The number of fused-ring (bicyclic) bond motifs is 1. The number of hydrogen-bond acceptors (Lipinski definition) is 8. The minimum atomic E-state index is -1.27. The van der Waals surface area contributed by atoms with Crippen molar-refractivity contribution in [2.24, 2.45) is 0 Å². The van der Waals surface area contributed by atoms with Crippen LogP contribution in [-0.4, -0.2) is 55.2 Å². The molecule has 3 fully saturated rings. The highest BCUT2D eigenvalue weighted by molar-refractivity contribution is 7.44. The lowest BCUT2D eigenvalue weighted by molar-refractivity contribution is -0.206. The molecule has 0 spiro atoms. The third kappa shape index (κ3) is 7.39. The van der Waals surface area contributed by atoms with Gasteiger partial charge in [0, 0.05) is 6.54 Å². The highest BCUT2D eigenvalue weighted by atomic mass is 31.2. The maximum Gasteiger partial charge on any atom is 0.256 e. The molecule has 9 heteroatoms. The van der Waals surface area contributed by atoms with Crippen LogP contribution in [0.3, 0.4) is 0 Å². The minimum absolute atomic E-state index is 0.0809. The Labute approximate surface area is 227 Å². The van der Waals surface area contributed by atoms with Gasteiger partial charge in [-0.25, -0.2) is 0 Å². The number of rotatable bonds is 12. The Morgan fingerprint density at radius 3 is 1.97 bits per heavy atom. The molecule has 0 radical (unpaired) electrons. The van der Waals surface area contributed by atoms with Gasteiger partial charge in [-0.05, 0) is 51.7 Å². The quantitative estimate of drug-likeness (QED) is 0.279. The van der Waals surface area contributed by atoms with Crippen molar-refractivity contribution >= 4 is 8.53 Å². The van der Waals surface area contributed by atoms with Gasteiger partial charge in [-0.1, -0.05) is 60.7 Å². The van der Waals surface area contributed by atoms with Crippen LogP contribution in [0.25, 0.3) is 0 Å². The minimum Gasteiger partial charge on any atom is -0.367 e. The van der Waals surface area contributed by atoms with E-state index in [1.165, 1.54) is 0 Å². The first-order valence-corrected chi connectivity index (χ1v) is 14.7. The molecule has 1 N–H and O–H groups in total. The number of ether oxygens (including phenoxy) is 5. The summed E-state index contributed by atoms with van der Waals surface area (Å²) in [7, 11) is -1.27. The smallest absolute Gasteiger partial charge is 0.256 e. The molecule has 208 valence electrons. The highest BCUT2D eigenvalue weighted by Gasteiger charge is 2.58. The topological polar surface area (TPSA) is 76.6 Å². The molecule has 38 heavy (non-hydrogen) atoms. The fourth-order valence-corrected chi connectivity index (χ4v) is 6.27. The average Bonchev–Trinajstić information content (AvgIpc) is 3.53. The van der Waals surface area contributed by atoms with Crippen molar-refractivity contribution in [2.45, 2.75) is 95.8 Å². The molecular formula is C29H40NO7P. The molecule has 0 unspecified atom stereocenters. The summed E-state index contributed by atoms with van der Waals surface area (Å²) >= 11 is 0. The molecule has 3 aliphatic heterocycles. The van der Waals surface area contributed by atoms with Crippen molar-refractivity contribution < 1.29 is 32.7 Å². The van der Waals surface area contributed by atoms with Gasteiger partial charge in [-0.3, -0.25) is 5.09 Å². The van der Waals surface area contributed by atoms with E-state index >= 15 is 0 Å². The lowest BCUT2D eigenvalue weighted by Crippen LogP contribution is -2.40. The van der Waals surface area contributed by atoms with Crippen LogP contribution in [0.15, 0.2) is 60.7 Å². The first kappa shape index (κ1) is 28.1. The molecule has 2 aromatic carbocycles. The molecule has 0 bridgehead atoms. The Bertz CT molecular complexity index is 965. The first-order chi connectivity index (χ1) is 18.3. The zero-order valence-electron chi connectivity index (χ0n) is 22.7. The predicted octanol–water partition coefficient (Wildman–Crippen LogP) is 5.46. The summed E-state index contributed by atoms with van der Waals surface area (Å²) < 4.78 is 43.2. The molecular weight excluding hydrogens is 505 g/mol. The summed E-state index contributed by atoms with van der Waals surface area (Å²) in [6, 6.07) is 20.3. The van der Waals surface area contributed by atoms with Crippen LogP contribution >= 0.6 is 8.53 Å². The maximum absolute atomic E-state index is 6.48. The summed E-state index contributed by atoms with van der Waals surface area (Å²) in [5.41, 5.74) is 2.23. The predicted molar refractivity (Wildman–Crippen MR) is 144 cm³/mol. The standard InChI is InChI=1S/C29H40NO7P/c1-28(2)31-20-24(35-28)25-27-26(36-29(3,4)37-27)23(34-25)16-11-17-30-38(32-18-21-12-7-5-8-13-21)33-19-22-14-9-6-10-15-22/h5-10,12-15,23-27,30H,11,16-20H2,1-4H3/t23-,24-,25-,26-,27+/m1/s1. The van der Waals surface area contributed by atoms with Crippen LogP contribution < -0.4 is 5.09 Å². The second-order valence-electron chi connectivity index (χ2n) is 10.9. The van der Waals surface area contributed by atoms with E-state index in [1.807, 2.05) is 64.1 Å². The Morgan fingerprint density at radius 2 is 1.39 bits per heavy atom. The van der Waals surface area contributed by atoms with Crippen molar-refractivity contribution in [3.63, 3.8) is 0 Å². The summed E-state index contributed by atoms with van der Waals surface area (Å²) in [6.07, 6.45) is 0.911. The SMILES string of the molecule is CC1(C)O[C@@H]2[C@H](O1)[C@@H](CCCNP(OCc1ccccc1)OCc1ccccc1)O[C@@H]2[C@H]1COC(C)(C)O1. The monoisotopic (exact) mass is 545 g/mol. The van der Waals surface area contributed by atoms with Gasteiger partial charge in [0.15, 0.2) is 11.6 Å². The van der Waals surface area contributed by atoms with Gasteiger partial charge in [0.25, 0.3) is 8.53 Å². The van der Waals surface area contributed by atoms with Gasteiger partial charge in [0.2, 0.25) is 0 Å². The normalized spacial score (nSPS) is 29.7. The van der Waals surface area contributed by atoms with Crippen LogP contribution in [0.1, 0.15) is 51.7 Å². The van der Waals surface area contributed by atoms with Crippen molar-refractivity contribution in [3.8, 4) is 0 Å². The lowest BCUT2D eigenvalue weighted by atomic mass is 10.0. The van der Waals surface area contributed by atoms with E-state index in [0.29, 0.717) is 19.8 Å². The Balaban J connectivity index is 1.14. The van der Waals surface area contributed by atoms with Crippen molar-refractivity contribution in [1.29, 1.82) is 0 Å². The van der Waals surface area contributed by atoms with Gasteiger partial charge in [-0.15, -0.1) is 0 Å². The summed E-state index contributed by atoms with van der Waals surface area (Å²) in [4.78, 5) is 0. The van der Waals surface area contributed by atoms with Gasteiger partial charge in [0.1, 0.15) is 24.4 Å². The van der Waals surface area contributed by atoms with Gasteiger partial charge in [-0.2, -0.15) is 0 Å². The maximum atomic E-state index is 6.48. The fraction of sp³-hybridized carbons (Fsp3) is 0.586. The second-order valence-corrected chi connectivity index (χ2v) is 12.2. The van der Waals surface area contributed by atoms with Crippen molar-refractivity contribution in [1.82, 2.24) is 5.09 Å². The molecule has 5 atom stereocenters. The van der Waals surface area contributed by atoms with E-state index in [2.05, 4.69) is 29.4 Å². The molecule has 5 rings (SSSR count). The van der Waals surface area contributed by atoms with Crippen LogP contribution in [0.4, 0.5) is 0 Å². The van der Waals surface area contributed by atoms with Gasteiger partial charge >= 0.3 is 0 Å².